The second-order valence-corrected chi connectivity index (χ2v) is 6.94. The van der Waals surface area contributed by atoms with Crippen molar-refractivity contribution < 1.29 is 14.3 Å². The molecule has 7 heteroatoms. The van der Waals surface area contributed by atoms with E-state index >= 15 is 0 Å². The smallest absolute Gasteiger partial charge is 0.331 e. The summed E-state index contributed by atoms with van der Waals surface area (Å²) in [6, 6.07) is 9.47. The van der Waals surface area contributed by atoms with E-state index in [0.717, 1.165) is 5.69 Å². The van der Waals surface area contributed by atoms with Crippen molar-refractivity contribution in [2.24, 2.45) is 5.92 Å². The molecule has 2 rings (SSSR count). The van der Waals surface area contributed by atoms with Gasteiger partial charge in [0.25, 0.3) is 5.91 Å². The number of rotatable bonds is 7. The maximum absolute atomic E-state index is 11.9. The van der Waals surface area contributed by atoms with Crippen LogP contribution >= 0.6 is 11.6 Å². The summed E-state index contributed by atoms with van der Waals surface area (Å²) in [6.45, 7) is 7.38. The van der Waals surface area contributed by atoms with Crippen molar-refractivity contribution in [2.45, 2.75) is 33.7 Å². The predicted octanol–water partition coefficient (Wildman–Crippen LogP) is 3.55. The Morgan fingerprint density at radius 1 is 1.26 bits per heavy atom. The highest BCUT2D eigenvalue weighted by atomic mass is 35.5. The molecule has 1 atom stereocenters. The van der Waals surface area contributed by atoms with Crippen molar-refractivity contribution >= 4 is 29.6 Å². The number of hydrogen-bond donors (Lipinski definition) is 1. The van der Waals surface area contributed by atoms with Gasteiger partial charge in [-0.15, -0.1) is 0 Å². The van der Waals surface area contributed by atoms with Gasteiger partial charge in [-0.1, -0.05) is 43.6 Å². The second-order valence-electron chi connectivity index (χ2n) is 6.58. The normalized spacial score (nSPS) is 12.4. The number of amides is 1. The lowest BCUT2D eigenvalue weighted by atomic mass is 10.1. The van der Waals surface area contributed by atoms with Crippen LogP contribution in [0, 0.1) is 12.8 Å². The maximum Gasteiger partial charge on any atom is 0.331 e. The lowest BCUT2D eigenvalue weighted by Gasteiger charge is -2.16. The monoisotopic (exact) mass is 389 g/mol. The van der Waals surface area contributed by atoms with E-state index in [4.69, 9.17) is 16.3 Å². The van der Waals surface area contributed by atoms with E-state index in [2.05, 4.69) is 10.4 Å². The van der Waals surface area contributed by atoms with Crippen LogP contribution in [0.2, 0.25) is 5.15 Å². The van der Waals surface area contributed by atoms with Crippen LogP contribution in [0.5, 0.6) is 0 Å². The molecular formula is C20H24ClN3O3. The first-order valence-corrected chi connectivity index (χ1v) is 9.12. The average Bonchev–Trinajstić information content (AvgIpc) is 2.92. The highest BCUT2D eigenvalue weighted by molar-refractivity contribution is 6.31. The number of aromatic nitrogens is 2. The van der Waals surface area contributed by atoms with Gasteiger partial charge in [-0.05, 0) is 38.0 Å². The van der Waals surface area contributed by atoms with Crippen LogP contribution < -0.4 is 5.32 Å². The number of esters is 1. The Hall–Kier alpha value is -2.60. The van der Waals surface area contributed by atoms with E-state index in [-0.39, 0.29) is 18.6 Å². The molecule has 1 aromatic heterocycles. The standard InChI is InChI=1S/C20H24ClN3O3/c1-13(2)14(3)22-18(25)12-27-19(26)11-10-17-15(4)23-24(20(17)21)16-8-6-5-7-9-16/h5-11,13-14H,12H2,1-4H3,(H,22,25)/b11-10+/t14-/m1/s1. The first-order chi connectivity index (χ1) is 12.8. The molecule has 0 bridgehead atoms. The Balaban J connectivity index is 1.99. The van der Waals surface area contributed by atoms with Crippen molar-refractivity contribution in [3.8, 4) is 5.69 Å². The molecule has 0 aliphatic heterocycles. The number of benzene rings is 1. The fourth-order valence-corrected chi connectivity index (χ4v) is 2.57. The zero-order chi connectivity index (χ0) is 20.0. The Morgan fingerprint density at radius 2 is 1.93 bits per heavy atom. The largest absolute Gasteiger partial charge is 0.452 e. The summed E-state index contributed by atoms with van der Waals surface area (Å²) >= 11 is 6.39. The van der Waals surface area contributed by atoms with E-state index in [1.807, 2.05) is 51.1 Å². The summed E-state index contributed by atoms with van der Waals surface area (Å²) < 4.78 is 6.57. The van der Waals surface area contributed by atoms with Gasteiger partial charge in [-0.3, -0.25) is 4.79 Å². The van der Waals surface area contributed by atoms with Gasteiger partial charge >= 0.3 is 5.97 Å². The molecule has 6 nitrogen and oxygen atoms in total. The molecule has 2 aromatic rings. The van der Waals surface area contributed by atoms with Gasteiger partial charge in [0.15, 0.2) is 6.61 Å². The number of aryl methyl sites for hydroxylation is 1. The number of halogens is 1. The van der Waals surface area contributed by atoms with E-state index in [0.29, 0.717) is 22.3 Å². The molecule has 1 N–H and O–H groups in total. The number of hydrogen-bond acceptors (Lipinski definition) is 4. The minimum atomic E-state index is -0.620. The summed E-state index contributed by atoms with van der Waals surface area (Å²) in [6.07, 6.45) is 2.78. The van der Waals surface area contributed by atoms with Crippen LogP contribution in [0.15, 0.2) is 36.4 Å². The lowest BCUT2D eigenvalue weighted by Crippen LogP contribution is -2.38. The fourth-order valence-electron chi connectivity index (χ4n) is 2.24. The van der Waals surface area contributed by atoms with Gasteiger partial charge in [0, 0.05) is 17.7 Å². The lowest BCUT2D eigenvalue weighted by molar-refractivity contribution is -0.144. The van der Waals surface area contributed by atoms with E-state index < -0.39 is 5.97 Å². The number of nitrogens with one attached hydrogen (secondary N) is 1. The number of carbonyl (C=O) groups is 2. The molecule has 0 unspecified atom stereocenters. The fraction of sp³-hybridized carbons (Fsp3) is 0.350. The van der Waals surface area contributed by atoms with Gasteiger partial charge in [0.2, 0.25) is 0 Å². The third-order valence-corrected chi connectivity index (χ3v) is 4.53. The molecule has 0 aliphatic rings. The highest BCUT2D eigenvalue weighted by Crippen LogP contribution is 2.24. The van der Waals surface area contributed by atoms with Crippen LogP contribution in [0.25, 0.3) is 11.8 Å². The average molecular weight is 390 g/mol. The number of para-hydroxylation sites is 1. The van der Waals surface area contributed by atoms with Crippen LogP contribution in [0.4, 0.5) is 0 Å². The van der Waals surface area contributed by atoms with Gasteiger partial charge in [-0.25, -0.2) is 9.48 Å². The summed E-state index contributed by atoms with van der Waals surface area (Å²) in [5.74, 6) is -0.648. The molecule has 1 heterocycles. The van der Waals surface area contributed by atoms with Crippen LogP contribution in [0.1, 0.15) is 32.0 Å². The Labute approximate surface area is 164 Å². The van der Waals surface area contributed by atoms with Crippen molar-refractivity contribution in [1.82, 2.24) is 15.1 Å². The zero-order valence-corrected chi connectivity index (χ0v) is 16.7. The molecule has 1 amide bonds. The van der Waals surface area contributed by atoms with Gasteiger partial charge in [0.05, 0.1) is 11.4 Å². The van der Waals surface area contributed by atoms with Crippen molar-refractivity contribution in [3.63, 3.8) is 0 Å². The topological polar surface area (TPSA) is 73.2 Å². The van der Waals surface area contributed by atoms with E-state index in [1.54, 1.807) is 17.7 Å². The molecule has 0 saturated heterocycles. The highest BCUT2D eigenvalue weighted by Gasteiger charge is 2.14. The van der Waals surface area contributed by atoms with Crippen LogP contribution in [-0.4, -0.2) is 34.3 Å². The van der Waals surface area contributed by atoms with Gasteiger partial charge in [-0.2, -0.15) is 5.10 Å². The minimum Gasteiger partial charge on any atom is -0.452 e. The predicted molar refractivity (Wildman–Crippen MR) is 106 cm³/mol. The molecule has 0 fully saturated rings. The van der Waals surface area contributed by atoms with Gasteiger partial charge in [0.1, 0.15) is 5.15 Å². The summed E-state index contributed by atoms with van der Waals surface area (Å²) in [5.41, 5.74) is 2.12. The number of ether oxygens (including phenoxy) is 1. The number of carbonyl (C=O) groups excluding carboxylic acids is 2. The van der Waals surface area contributed by atoms with E-state index in [1.165, 1.54) is 6.08 Å². The maximum atomic E-state index is 11.9. The third-order valence-electron chi connectivity index (χ3n) is 4.17. The van der Waals surface area contributed by atoms with E-state index in [9.17, 15) is 9.59 Å². The Kier molecular flexibility index (Phi) is 7.19. The quantitative estimate of drug-likeness (QED) is 0.580. The molecule has 0 radical (unpaired) electrons. The first kappa shape index (κ1) is 20.7. The second kappa shape index (κ2) is 9.37. The molecule has 0 saturated carbocycles. The Morgan fingerprint density at radius 3 is 2.56 bits per heavy atom. The molecule has 144 valence electrons. The third kappa shape index (κ3) is 5.69. The number of nitrogens with zero attached hydrogens (tertiary/aromatic N) is 2. The SMILES string of the molecule is Cc1nn(-c2ccccc2)c(Cl)c1/C=C/C(=O)OCC(=O)N[C@H](C)C(C)C. The van der Waals surface area contributed by atoms with Crippen LogP contribution in [0.3, 0.4) is 0 Å². The molecular weight excluding hydrogens is 366 g/mol. The first-order valence-electron chi connectivity index (χ1n) is 8.74. The van der Waals surface area contributed by atoms with Gasteiger partial charge < -0.3 is 10.1 Å². The van der Waals surface area contributed by atoms with Crippen molar-refractivity contribution in [1.29, 1.82) is 0 Å². The summed E-state index contributed by atoms with van der Waals surface area (Å²) in [4.78, 5) is 23.6. The minimum absolute atomic E-state index is 0.0111. The Bertz CT molecular complexity index is 828. The van der Waals surface area contributed by atoms with Crippen molar-refractivity contribution in [2.75, 3.05) is 6.61 Å². The molecule has 0 aliphatic carbocycles. The van der Waals surface area contributed by atoms with Crippen molar-refractivity contribution in [3.05, 3.63) is 52.8 Å². The molecule has 0 spiro atoms. The molecule has 27 heavy (non-hydrogen) atoms. The molecule has 1 aromatic carbocycles. The van der Waals surface area contributed by atoms with Crippen LogP contribution in [-0.2, 0) is 14.3 Å². The zero-order valence-electron chi connectivity index (χ0n) is 15.9. The summed E-state index contributed by atoms with van der Waals surface area (Å²) in [7, 11) is 0. The summed E-state index contributed by atoms with van der Waals surface area (Å²) in [5, 5.41) is 7.57.